The van der Waals surface area contributed by atoms with E-state index in [0.29, 0.717) is 13.0 Å². The van der Waals surface area contributed by atoms with Crippen molar-refractivity contribution in [3.63, 3.8) is 0 Å². The summed E-state index contributed by atoms with van der Waals surface area (Å²) in [6, 6.07) is 17.6. The van der Waals surface area contributed by atoms with Gasteiger partial charge in [0, 0.05) is 23.1 Å². The second-order valence-corrected chi connectivity index (χ2v) is 6.25. The highest BCUT2D eigenvalue weighted by Gasteiger charge is 2.07. The maximum Gasteiger partial charge on any atom is 0.277 e. The summed E-state index contributed by atoms with van der Waals surface area (Å²) in [6.07, 6.45) is 3.24. The molecular formula is C22H21FN3+. The summed E-state index contributed by atoms with van der Waals surface area (Å²) < 4.78 is 13.1. The first-order valence-electron chi connectivity index (χ1n) is 8.65. The van der Waals surface area contributed by atoms with Gasteiger partial charge in [-0.15, -0.1) is 0 Å². The van der Waals surface area contributed by atoms with Gasteiger partial charge in [-0.25, -0.2) is 4.39 Å². The van der Waals surface area contributed by atoms with E-state index in [1.54, 1.807) is 18.3 Å². The number of aryl methyl sites for hydroxylation is 2. The number of aromatic nitrogens is 2. The SMILES string of the molecule is Cc1cc(CC#[N+]CCc2ccc(C)c(-c3ccc(F)cc3)n2)ccn1. The number of nitrogens with zero attached hydrogens (tertiary/aromatic N) is 3. The van der Waals surface area contributed by atoms with Crippen molar-refractivity contribution < 1.29 is 4.39 Å². The molecule has 0 saturated heterocycles. The van der Waals surface area contributed by atoms with Gasteiger partial charge in [0.1, 0.15) is 12.2 Å². The molecule has 3 nitrogen and oxygen atoms in total. The Hall–Kier alpha value is -3.06. The van der Waals surface area contributed by atoms with Gasteiger partial charge in [-0.1, -0.05) is 10.9 Å². The van der Waals surface area contributed by atoms with Gasteiger partial charge in [-0.05, 0) is 67.4 Å². The molecule has 3 aromatic rings. The van der Waals surface area contributed by atoms with Crippen molar-refractivity contribution in [3.8, 4) is 17.3 Å². The molecule has 0 spiro atoms. The van der Waals surface area contributed by atoms with Crippen LogP contribution >= 0.6 is 0 Å². The van der Waals surface area contributed by atoms with Gasteiger partial charge >= 0.3 is 0 Å². The van der Waals surface area contributed by atoms with Crippen LogP contribution in [0.5, 0.6) is 0 Å². The molecule has 0 aliphatic rings. The summed E-state index contributed by atoms with van der Waals surface area (Å²) in [7, 11) is 0. The highest BCUT2D eigenvalue weighted by atomic mass is 19.1. The molecule has 1 aromatic carbocycles. The molecule has 0 bridgehead atoms. The Balaban J connectivity index is 1.63. The fraction of sp³-hybridized carbons (Fsp3) is 0.227. The van der Waals surface area contributed by atoms with Gasteiger partial charge in [0.15, 0.2) is 0 Å². The van der Waals surface area contributed by atoms with Crippen LogP contribution < -0.4 is 0 Å². The van der Waals surface area contributed by atoms with Crippen molar-refractivity contribution in [2.24, 2.45) is 0 Å². The van der Waals surface area contributed by atoms with E-state index in [4.69, 9.17) is 4.98 Å². The first-order valence-corrected chi connectivity index (χ1v) is 8.65. The Morgan fingerprint density at radius 2 is 1.85 bits per heavy atom. The maximum atomic E-state index is 13.1. The van der Waals surface area contributed by atoms with Crippen molar-refractivity contribution in [2.75, 3.05) is 6.54 Å². The molecule has 0 aliphatic heterocycles. The Kier molecular flexibility index (Phi) is 5.70. The fourth-order valence-electron chi connectivity index (χ4n) is 2.72. The Labute approximate surface area is 153 Å². The first kappa shape index (κ1) is 17.8. The highest BCUT2D eigenvalue weighted by molar-refractivity contribution is 5.62. The van der Waals surface area contributed by atoms with E-state index in [9.17, 15) is 4.39 Å². The third-order valence-corrected chi connectivity index (χ3v) is 4.11. The lowest BCUT2D eigenvalue weighted by molar-refractivity contribution is 0.628. The lowest BCUT2D eigenvalue weighted by Crippen LogP contribution is -1.97. The van der Waals surface area contributed by atoms with Gasteiger partial charge in [0.05, 0.1) is 12.1 Å². The molecule has 2 heterocycles. The summed E-state index contributed by atoms with van der Waals surface area (Å²) in [5.41, 5.74) is 6.02. The van der Waals surface area contributed by atoms with Gasteiger partial charge in [0.25, 0.3) is 12.6 Å². The highest BCUT2D eigenvalue weighted by Crippen LogP contribution is 2.22. The smallest absolute Gasteiger partial charge is 0.262 e. The van der Waals surface area contributed by atoms with E-state index in [0.717, 1.165) is 40.2 Å². The summed E-state index contributed by atoms with van der Waals surface area (Å²) in [6.45, 7) is 4.63. The second-order valence-electron chi connectivity index (χ2n) is 6.25. The van der Waals surface area contributed by atoms with Crippen molar-refractivity contribution in [1.82, 2.24) is 9.97 Å². The minimum absolute atomic E-state index is 0.239. The summed E-state index contributed by atoms with van der Waals surface area (Å²) in [4.78, 5) is 13.3. The molecule has 3 rings (SSSR count). The topological polar surface area (TPSA) is 30.1 Å². The van der Waals surface area contributed by atoms with E-state index < -0.39 is 0 Å². The number of benzene rings is 1. The molecular weight excluding hydrogens is 325 g/mol. The molecule has 0 atom stereocenters. The van der Waals surface area contributed by atoms with Gasteiger partial charge in [0.2, 0.25) is 0 Å². The molecule has 0 fully saturated rings. The number of pyridine rings is 2. The van der Waals surface area contributed by atoms with E-state index in [-0.39, 0.29) is 5.82 Å². The van der Waals surface area contributed by atoms with Gasteiger partial charge in [-0.2, -0.15) is 0 Å². The molecule has 130 valence electrons. The van der Waals surface area contributed by atoms with Crippen molar-refractivity contribution in [2.45, 2.75) is 26.7 Å². The lowest BCUT2D eigenvalue weighted by atomic mass is 10.1. The number of hydrogen-bond acceptors (Lipinski definition) is 2. The van der Waals surface area contributed by atoms with E-state index in [1.165, 1.54) is 12.1 Å². The van der Waals surface area contributed by atoms with Crippen LogP contribution in [0.3, 0.4) is 0 Å². The zero-order valence-corrected chi connectivity index (χ0v) is 15.0. The Morgan fingerprint density at radius 3 is 2.62 bits per heavy atom. The van der Waals surface area contributed by atoms with Crippen LogP contribution in [0.25, 0.3) is 16.1 Å². The number of rotatable bonds is 4. The van der Waals surface area contributed by atoms with E-state index in [1.807, 2.05) is 38.1 Å². The van der Waals surface area contributed by atoms with Crippen LogP contribution in [0.4, 0.5) is 4.39 Å². The normalized spacial score (nSPS) is 10.3. The van der Waals surface area contributed by atoms with E-state index in [2.05, 4.69) is 15.9 Å². The number of halogens is 1. The van der Waals surface area contributed by atoms with Crippen LogP contribution in [0.2, 0.25) is 0 Å². The Bertz CT molecular complexity index is 953. The maximum absolute atomic E-state index is 13.1. The molecule has 0 saturated carbocycles. The average Bonchev–Trinajstić information content (AvgIpc) is 2.64. The molecule has 0 unspecified atom stereocenters. The van der Waals surface area contributed by atoms with Crippen LogP contribution in [0.1, 0.15) is 22.5 Å². The monoisotopic (exact) mass is 346 g/mol. The molecule has 4 heteroatoms. The fourth-order valence-corrected chi connectivity index (χ4v) is 2.72. The minimum atomic E-state index is -0.239. The zero-order valence-electron chi connectivity index (χ0n) is 15.0. The molecule has 0 N–H and O–H groups in total. The number of hydrogen-bond donors (Lipinski definition) is 0. The minimum Gasteiger partial charge on any atom is -0.262 e. The lowest BCUT2D eigenvalue weighted by Gasteiger charge is -2.06. The summed E-state index contributed by atoms with van der Waals surface area (Å²) >= 11 is 0. The van der Waals surface area contributed by atoms with Crippen LogP contribution in [0, 0.1) is 25.7 Å². The average molecular weight is 346 g/mol. The third kappa shape index (κ3) is 4.73. The molecule has 0 radical (unpaired) electrons. The van der Waals surface area contributed by atoms with Gasteiger partial charge in [-0.3, -0.25) is 9.97 Å². The second kappa shape index (κ2) is 8.35. The molecule has 2 aromatic heterocycles. The largest absolute Gasteiger partial charge is 0.277 e. The van der Waals surface area contributed by atoms with Crippen LogP contribution in [-0.2, 0) is 12.8 Å². The van der Waals surface area contributed by atoms with Crippen molar-refractivity contribution >= 4 is 0 Å². The first-order chi connectivity index (χ1) is 12.6. The summed E-state index contributed by atoms with van der Waals surface area (Å²) in [5.74, 6) is -0.239. The standard InChI is InChI=1S/C22H21FN3/c1-16-3-8-21(26-22(16)19-4-6-20(23)7-5-19)11-13-24-12-9-18-10-14-25-17(2)15-18/h3-8,10,14-15H,9,11,13H2,1-2H3/q+1. The third-order valence-electron chi connectivity index (χ3n) is 4.11. The predicted octanol–water partition coefficient (Wildman–Crippen LogP) is 5.02. The molecule has 0 amide bonds. The van der Waals surface area contributed by atoms with Crippen molar-refractivity contribution in [3.05, 3.63) is 87.9 Å². The van der Waals surface area contributed by atoms with Crippen LogP contribution in [-0.4, -0.2) is 16.5 Å². The quantitative estimate of drug-likeness (QED) is 0.664. The zero-order chi connectivity index (χ0) is 18.4. The molecule has 0 aliphatic carbocycles. The van der Waals surface area contributed by atoms with Crippen LogP contribution in [0.15, 0.2) is 54.7 Å². The Morgan fingerprint density at radius 1 is 1.04 bits per heavy atom. The van der Waals surface area contributed by atoms with E-state index >= 15 is 0 Å². The van der Waals surface area contributed by atoms with Gasteiger partial charge < -0.3 is 0 Å². The molecule has 26 heavy (non-hydrogen) atoms. The summed E-state index contributed by atoms with van der Waals surface area (Å²) in [5, 5.41) is 0. The predicted molar refractivity (Wildman–Crippen MR) is 103 cm³/mol. The van der Waals surface area contributed by atoms with Crippen molar-refractivity contribution in [1.29, 1.82) is 0 Å².